The maximum absolute atomic E-state index is 12.1. The largest absolute Gasteiger partial charge is 0.296 e. The molecular formula is C20H22BrClN4O. The first-order chi connectivity index (χ1) is 13.1. The van der Waals surface area contributed by atoms with Gasteiger partial charge in [-0.3, -0.25) is 14.6 Å². The highest BCUT2D eigenvalue weighted by Crippen LogP contribution is 2.17. The van der Waals surface area contributed by atoms with Gasteiger partial charge in [0.2, 0.25) is 0 Å². The molecule has 0 spiro atoms. The number of hydrogen-bond acceptors (Lipinski definition) is 4. The highest BCUT2D eigenvalue weighted by molar-refractivity contribution is 9.10. The highest BCUT2D eigenvalue weighted by Gasteiger charge is 2.19. The standard InChI is InChI=1S/C20H22BrClN4O/c21-18-7-5-16(6-8-18)13-23-24-20(27)15-26-11-9-25(10-12-26)14-17-3-1-2-4-19(17)22/h1-8,13H,9-12,14-15H2,(H,24,27)/b23-13+. The van der Waals surface area contributed by atoms with E-state index in [9.17, 15) is 4.79 Å². The van der Waals surface area contributed by atoms with Crippen LogP contribution < -0.4 is 5.43 Å². The molecule has 0 unspecified atom stereocenters. The molecule has 3 rings (SSSR count). The van der Waals surface area contributed by atoms with Gasteiger partial charge >= 0.3 is 0 Å². The van der Waals surface area contributed by atoms with Crippen LogP contribution in [0.1, 0.15) is 11.1 Å². The molecule has 2 aromatic rings. The van der Waals surface area contributed by atoms with E-state index in [0.29, 0.717) is 6.54 Å². The van der Waals surface area contributed by atoms with Crippen molar-refractivity contribution in [2.24, 2.45) is 5.10 Å². The maximum Gasteiger partial charge on any atom is 0.254 e. The van der Waals surface area contributed by atoms with Crippen molar-refractivity contribution in [2.45, 2.75) is 6.54 Å². The Hall–Kier alpha value is -1.73. The Morgan fingerprint density at radius 3 is 2.44 bits per heavy atom. The van der Waals surface area contributed by atoms with Gasteiger partial charge in [0.15, 0.2) is 0 Å². The minimum absolute atomic E-state index is 0.0945. The fourth-order valence-electron chi connectivity index (χ4n) is 2.94. The van der Waals surface area contributed by atoms with Crippen LogP contribution in [0.4, 0.5) is 0 Å². The minimum atomic E-state index is -0.0945. The molecule has 1 amide bonds. The second kappa shape index (κ2) is 9.99. The van der Waals surface area contributed by atoms with Crippen LogP contribution in [-0.2, 0) is 11.3 Å². The van der Waals surface area contributed by atoms with Crippen LogP contribution in [0, 0.1) is 0 Å². The van der Waals surface area contributed by atoms with Gasteiger partial charge in [0.05, 0.1) is 12.8 Å². The summed E-state index contributed by atoms with van der Waals surface area (Å²) >= 11 is 9.62. The summed E-state index contributed by atoms with van der Waals surface area (Å²) in [5.41, 5.74) is 4.68. The maximum atomic E-state index is 12.1. The van der Waals surface area contributed by atoms with Crippen LogP contribution in [-0.4, -0.2) is 54.6 Å². The number of hydrogen-bond donors (Lipinski definition) is 1. The molecule has 27 heavy (non-hydrogen) atoms. The molecule has 0 aromatic heterocycles. The van der Waals surface area contributed by atoms with Crippen molar-refractivity contribution in [1.29, 1.82) is 0 Å². The summed E-state index contributed by atoms with van der Waals surface area (Å²) < 4.78 is 1.01. The van der Waals surface area contributed by atoms with Crippen molar-refractivity contribution in [1.82, 2.24) is 15.2 Å². The van der Waals surface area contributed by atoms with Crippen LogP contribution in [0.15, 0.2) is 58.1 Å². The van der Waals surface area contributed by atoms with E-state index in [-0.39, 0.29) is 5.91 Å². The summed E-state index contributed by atoms with van der Waals surface area (Å²) in [6.07, 6.45) is 1.64. The lowest BCUT2D eigenvalue weighted by atomic mass is 10.2. The Morgan fingerprint density at radius 2 is 1.74 bits per heavy atom. The third-order valence-corrected chi connectivity index (χ3v) is 5.35. The number of halogens is 2. The fraction of sp³-hybridized carbons (Fsp3) is 0.300. The van der Waals surface area contributed by atoms with Gasteiger partial charge < -0.3 is 0 Å². The summed E-state index contributed by atoms with van der Waals surface area (Å²) in [5.74, 6) is -0.0945. The fourth-order valence-corrected chi connectivity index (χ4v) is 3.40. The first-order valence-corrected chi connectivity index (χ1v) is 10.0. The second-order valence-corrected chi connectivity index (χ2v) is 7.81. The highest BCUT2D eigenvalue weighted by atomic mass is 79.9. The average molecular weight is 450 g/mol. The molecular weight excluding hydrogens is 428 g/mol. The van der Waals surface area contributed by atoms with Crippen LogP contribution in [0.5, 0.6) is 0 Å². The minimum Gasteiger partial charge on any atom is -0.296 e. The zero-order valence-electron chi connectivity index (χ0n) is 14.9. The predicted octanol–water partition coefficient (Wildman–Crippen LogP) is 3.37. The van der Waals surface area contributed by atoms with E-state index >= 15 is 0 Å². The van der Waals surface area contributed by atoms with E-state index in [1.54, 1.807) is 6.21 Å². The van der Waals surface area contributed by atoms with Crippen molar-refractivity contribution in [3.8, 4) is 0 Å². The summed E-state index contributed by atoms with van der Waals surface area (Å²) in [6, 6.07) is 15.7. The summed E-state index contributed by atoms with van der Waals surface area (Å²) in [6.45, 7) is 4.75. The number of amides is 1. The van der Waals surface area contributed by atoms with Gasteiger partial charge in [0.1, 0.15) is 0 Å². The molecule has 2 aromatic carbocycles. The van der Waals surface area contributed by atoms with Gasteiger partial charge in [-0.15, -0.1) is 0 Å². The molecule has 1 fully saturated rings. The third-order valence-electron chi connectivity index (χ3n) is 4.46. The van der Waals surface area contributed by atoms with Gasteiger partial charge in [-0.2, -0.15) is 5.10 Å². The zero-order valence-corrected chi connectivity index (χ0v) is 17.3. The van der Waals surface area contributed by atoms with E-state index in [2.05, 4.69) is 42.3 Å². The van der Waals surface area contributed by atoms with Crippen LogP contribution >= 0.6 is 27.5 Å². The Kier molecular flexibility index (Phi) is 7.41. The molecule has 1 N–H and O–H groups in total. The van der Waals surface area contributed by atoms with Crippen molar-refractivity contribution in [2.75, 3.05) is 32.7 Å². The van der Waals surface area contributed by atoms with Gasteiger partial charge in [0, 0.05) is 42.2 Å². The number of nitrogens with one attached hydrogen (secondary N) is 1. The molecule has 7 heteroatoms. The Balaban J connectivity index is 1.39. The van der Waals surface area contributed by atoms with Crippen molar-refractivity contribution < 1.29 is 4.79 Å². The van der Waals surface area contributed by atoms with E-state index in [1.807, 2.05) is 42.5 Å². The van der Waals surface area contributed by atoms with Gasteiger partial charge in [-0.25, -0.2) is 5.43 Å². The van der Waals surface area contributed by atoms with Crippen molar-refractivity contribution >= 4 is 39.7 Å². The van der Waals surface area contributed by atoms with Gasteiger partial charge in [-0.1, -0.05) is 57.9 Å². The molecule has 0 saturated carbocycles. The quantitative estimate of drug-likeness (QED) is 0.543. The Morgan fingerprint density at radius 1 is 1.07 bits per heavy atom. The molecule has 1 heterocycles. The number of benzene rings is 2. The molecule has 0 atom stereocenters. The monoisotopic (exact) mass is 448 g/mol. The Labute approximate surface area is 173 Å². The summed E-state index contributed by atoms with van der Waals surface area (Å²) in [5, 5.41) is 4.83. The number of carbonyl (C=O) groups is 1. The summed E-state index contributed by atoms with van der Waals surface area (Å²) in [7, 11) is 0. The van der Waals surface area contributed by atoms with Crippen LogP contribution in [0.2, 0.25) is 5.02 Å². The van der Waals surface area contributed by atoms with Crippen molar-refractivity contribution in [3.05, 3.63) is 69.2 Å². The summed E-state index contributed by atoms with van der Waals surface area (Å²) in [4.78, 5) is 16.6. The van der Waals surface area contributed by atoms with Crippen LogP contribution in [0.3, 0.4) is 0 Å². The van der Waals surface area contributed by atoms with Crippen molar-refractivity contribution in [3.63, 3.8) is 0 Å². The van der Waals surface area contributed by atoms with E-state index in [0.717, 1.165) is 53.3 Å². The van der Waals surface area contributed by atoms with E-state index in [4.69, 9.17) is 11.6 Å². The first-order valence-electron chi connectivity index (χ1n) is 8.86. The first kappa shape index (κ1) is 20.0. The van der Waals surface area contributed by atoms with E-state index < -0.39 is 0 Å². The lowest BCUT2D eigenvalue weighted by molar-refractivity contribution is -0.122. The number of nitrogens with zero attached hydrogens (tertiary/aromatic N) is 3. The smallest absolute Gasteiger partial charge is 0.254 e. The lowest BCUT2D eigenvalue weighted by Crippen LogP contribution is -2.48. The zero-order chi connectivity index (χ0) is 19.1. The predicted molar refractivity (Wildman–Crippen MR) is 113 cm³/mol. The second-order valence-electron chi connectivity index (χ2n) is 6.49. The molecule has 142 valence electrons. The number of carbonyl (C=O) groups excluding carboxylic acids is 1. The molecule has 1 saturated heterocycles. The molecule has 1 aliphatic rings. The Bertz CT molecular complexity index is 789. The average Bonchev–Trinajstić information content (AvgIpc) is 2.67. The number of rotatable bonds is 6. The third kappa shape index (κ3) is 6.43. The number of hydrazone groups is 1. The molecule has 1 aliphatic heterocycles. The van der Waals surface area contributed by atoms with E-state index in [1.165, 1.54) is 0 Å². The van der Waals surface area contributed by atoms with Crippen LogP contribution in [0.25, 0.3) is 0 Å². The number of piperazine rings is 1. The normalized spacial score (nSPS) is 15.9. The molecule has 0 aliphatic carbocycles. The SMILES string of the molecule is O=C(CN1CCN(Cc2ccccc2Cl)CC1)N/N=C/c1ccc(Br)cc1. The topological polar surface area (TPSA) is 47.9 Å². The molecule has 0 radical (unpaired) electrons. The lowest BCUT2D eigenvalue weighted by Gasteiger charge is -2.34. The molecule has 5 nitrogen and oxygen atoms in total. The molecule has 0 bridgehead atoms. The van der Waals surface area contributed by atoms with Gasteiger partial charge in [-0.05, 0) is 29.3 Å². The van der Waals surface area contributed by atoms with Gasteiger partial charge in [0.25, 0.3) is 5.91 Å².